The molecule has 0 bridgehead atoms. The minimum Gasteiger partial charge on any atom is -0.460 e. The molecule has 25 heavy (non-hydrogen) atoms. The summed E-state index contributed by atoms with van der Waals surface area (Å²) in [6.45, 7) is 0.0987. The Morgan fingerprint density at radius 1 is 1.20 bits per heavy atom. The number of esters is 1. The van der Waals surface area contributed by atoms with Crippen molar-refractivity contribution in [3.63, 3.8) is 0 Å². The number of non-ortho nitro benzene ring substituents is 1. The lowest BCUT2D eigenvalue weighted by Crippen LogP contribution is -2.30. The van der Waals surface area contributed by atoms with Crippen LogP contribution in [0.5, 0.6) is 0 Å². The zero-order valence-electron chi connectivity index (χ0n) is 14.1. The highest BCUT2D eigenvalue weighted by Crippen LogP contribution is 2.18. The molecule has 0 unspecified atom stereocenters. The second-order valence-corrected chi connectivity index (χ2v) is 4.71. The summed E-state index contributed by atoms with van der Waals surface area (Å²) in [5, 5.41) is 10.9. The van der Waals surface area contributed by atoms with Crippen LogP contribution in [0.25, 0.3) is 6.08 Å². The quantitative estimate of drug-likeness (QED) is 0.0905. The fraction of sp³-hybridized carbons (Fsp3) is 0.375. The van der Waals surface area contributed by atoms with Gasteiger partial charge in [-0.1, -0.05) is 12.1 Å². The first kappa shape index (κ1) is 20.4. The van der Waals surface area contributed by atoms with Crippen molar-refractivity contribution < 1.29 is 33.5 Å². The van der Waals surface area contributed by atoms with E-state index < -0.39 is 23.0 Å². The van der Waals surface area contributed by atoms with Gasteiger partial charge in [0.05, 0.1) is 11.5 Å². The SMILES string of the molecule is COCCOC(=O)/C(=C/c1cccc([N+](=O)[O-])c1)C(=O)C(OC)OC. The van der Waals surface area contributed by atoms with Crippen molar-refractivity contribution in [3.05, 3.63) is 45.5 Å². The van der Waals surface area contributed by atoms with Crippen LogP contribution >= 0.6 is 0 Å². The molecule has 0 aromatic heterocycles. The molecule has 0 spiro atoms. The number of benzene rings is 1. The number of ketones is 1. The van der Waals surface area contributed by atoms with Crippen molar-refractivity contribution in [1.82, 2.24) is 0 Å². The van der Waals surface area contributed by atoms with Gasteiger partial charge in [0.25, 0.3) is 5.69 Å². The molecule has 0 aliphatic rings. The minimum atomic E-state index is -1.31. The lowest BCUT2D eigenvalue weighted by molar-refractivity contribution is -0.384. The summed E-state index contributed by atoms with van der Waals surface area (Å²) in [6, 6.07) is 5.47. The Morgan fingerprint density at radius 3 is 2.44 bits per heavy atom. The number of carbonyl (C=O) groups is 2. The third-order valence-corrected chi connectivity index (χ3v) is 3.04. The highest BCUT2D eigenvalue weighted by molar-refractivity contribution is 6.21. The molecule has 1 aromatic carbocycles. The van der Waals surface area contributed by atoms with Crippen molar-refractivity contribution >= 4 is 23.5 Å². The molecule has 0 saturated heterocycles. The highest BCUT2D eigenvalue weighted by Gasteiger charge is 2.28. The van der Waals surface area contributed by atoms with Crippen LogP contribution in [-0.4, -0.2) is 57.5 Å². The van der Waals surface area contributed by atoms with Crippen LogP contribution < -0.4 is 0 Å². The fourth-order valence-corrected chi connectivity index (χ4v) is 1.86. The molecule has 0 N–H and O–H groups in total. The topological polar surface area (TPSA) is 114 Å². The Kier molecular flexibility index (Phi) is 8.40. The summed E-state index contributed by atoms with van der Waals surface area (Å²) < 4.78 is 19.5. The first-order chi connectivity index (χ1) is 11.9. The van der Waals surface area contributed by atoms with Crippen molar-refractivity contribution in [2.24, 2.45) is 0 Å². The summed E-state index contributed by atoms with van der Waals surface area (Å²) in [4.78, 5) is 34.9. The Bertz CT molecular complexity index is 651. The number of nitro groups is 1. The van der Waals surface area contributed by atoms with Gasteiger partial charge >= 0.3 is 5.97 Å². The van der Waals surface area contributed by atoms with E-state index in [2.05, 4.69) is 0 Å². The molecular formula is C16H19NO8. The predicted octanol–water partition coefficient (Wildman–Crippen LogP) is 1.36. The summed E-state index contributed by atoms with van der Waals surface area (Å²) in [5.74, 6) is -1.67. The van der Waals surface area contributed by atoms with Crippen LogP contribution in [-0.2, 0) is 28.5 Å². The first-order valence-corrected chi connectivity index (χ1v) is 7.16. The monoisotopic (exact) mass is 353 g/mol. The second-order valence-electron chi connectivity index (χ2n) is 4.71. The maximum atomic E-state index is 12.4. The number of nitrogens with zero attached hydrogens (tertiary/aromatic N) is 1. The molecule has 0 amide bonds. The van der Waals surface area contributed by atoms with Crippen LogP contribution in [0.3, 0.4) is 0 Å². The van der Waals surface area contributed by atoms with Gasteiger partial charge in [-0.25, -0.2) is 4.79 Å². The van der Waals surface area contributed by atoms with Gasteiger partial charge in [-0.2, -0.15) is 0 Å². The van der Waals surface area contributed by atoms with Crippen LogP contribution in [0.4, 0.5) is 5.69 Å². The number of ether oxygens (including phenoxy) is 4. The van der Waals surface area contributed by atoms with Gasteiger partial charge < -0.3 is 18.9 Å². The van der Waals surface area contributed by atoms with E-state index in [0.717, 1.165) is 0 Å². The number of hydrogen-bond acceptors (Lipinski definition) is 8. The number of methoxy groups -OCH3 is 3. The summed E-state index contributed by atoms with van der Waals surface area (Å²) in [5.41, 5.74) is -0.249. The van der Waals surface area contributed by atoms with Crippen molar-refractivity contribution in [2.45, 2.75) is 6.29 Å². The van der Waals surface area contributed by atoms with Gasteiger partial charge in [-0.05, 0) is 11.6 Å². The maximum absolute atomic E-state index is 12.4. The van der Waals surface area contributed by atoms with E-state index in [-0.39, 0.29) is 30.0 Å². The first-order valence-electron chi connectivity index (χ1n) is 7.16. The Labute approximate surface area is 144 Å². The van der Waals surface area contributed by atoms with Gasteiger partial charge in [-0.3, -0.25) is 14.9 Å². The highest BCUT2D eigenvalue weighted by atomic mass is 16.7. The molecule has 1 rings (SSSR count). The molecule has 0 saturated carbocycles. The summed E-state index contributed by atoms with van der Waals surface area (Å²) >= 11 is 0. The van der Waals surface area contributed by atoms with Gasteiger partial charge in [0.1, 0.15) is 12.2 Å². The standard InChI is InChI=1S/C16H19NO8/c1-22-7-8-25-15(19)13(14(18)16(23-2)24-3)10-11-5-4-6-12(9-11)17(20)21/h4-6,9-10,16H,7-8H2,1-3H3/b13-10+. The summed E-state index contributed by atoms with van der Waals surface area (Å²) in [6.07, 6.45) is -0.116. The third-order valence-electron chi connectivity index (χ3n) is 3.04. The van der Waals surface area contributed by atoms with Gasteiger partial charge in [0.2, 0.25) is 12.1 Å². The van der Waals surface area contributed by atoms with Crippen molar-refractivity contribution in [3.8, 4) is 0 Å². The molecule has 1 aromatic rings. The average Bonchev–Trinajstić information content (AvgIpc) is 2.60. The molecule has 0 aliphatic heterocycles. The lowest BCUT2D eigenvalue weighted by atomic mass is 10.1. The number of Topliss-reactive ketones (excluding diaryl/α,β-unsaturated/α-hetero) is 1. The average molecular weight is 353 g/mol. The molecule has 0 radical (unpaired) electrons. The van der Waals surface area contributed by atoms with E-state index in [0.29, 0.717) is 0 Å². The van der Waals surface area contributed by atoms with E-state index in [1.54, 1.807) is 0 Å². The Morgan fingerprint density at radius 2 is 1.88 bits per heavy atom. The van der Waals surface area contributed by atoms with Crippen LogP contribution in [0, 0.1) is 10.1 Å². The molecule has 136 valence electrons. The van der Waals surface area contributed by atoms with Crippen LogP contribution in [0.2, 0.25) is 0 Å². The van der Waals surface area contributed by atoms with E-state index in [4.69, 9.17) is 18.9 Å². The largest absolute Gasteiger partial charge is 0.460 e. The molecule has 0 aliphatic carbocycles. The number of nitro benzene ring substituents is 1. The number of hydrogen-bond donors (Lipinski definition) is 0. The molecule has 0 heterocycles. The normalized spacial score (nSPS) is 11.4. The number of rotatable bonds is 10. The lowest BCUT2D eigenvalue weighted by Gasteiger charge is -2.14. The third kappa shape index (κ3) is 6.07. The Balaban J connectivity index is 3.20. The molecule has 0 atom stereocenters. The summed E-state index contributed by atoms with van der Waals surface area (Å²) in [7, 11) is 3.92. The zero-order valence-corrected chi connectivity index (χ0v) is 14.1. The Hall–Kier alpha value is -2.62. The van der Waals surface area contributed by atoms with Crippen LogP contribution in [0.1, 0.15) is 5.56 Å². The van der Waals surface area contributed by atoms with E-state index in [9.17, 15) is 19.7 Å². The van der Waals surface area contributed by atoms with E-state index in [1.807, 2.05) is 0 Å². The predicted molar refractivity (Wildman–Crippen MR) is 86.7 cm³/mol. The van der Waals surface area contributed by atoms with E-state index in [1.165, 1.54) is 51.7 Å². The van der Waals surface area contributed by atoms with Gasteiger partial charge in [0.15, 0.2) is 0 Å². The maximum Gasteiger partial charge on any atom is 0.342 e. The molecule has 9 heteroatoms. The van der Waals surface area contributed by atoms with Gasteiger partial charge in [0, 0.05) is 33.5 Å². The van der Waals surface area contributed by atoms with Crippen molar-refractivity contribution in [1.29, 1.82) is 0 Å². The smallest absolute Gasteiger partial charge is 0.342 e. The molecule has 0 fully saturated rings. The zero-order chi connectivity index (χ0) is 18.8. The fourth-order valence-electron chi connectivity index (χ4n) is 1.86. The second kappa shape index (κ2) is 10.3. The van der Waals surface area contributed by atoms with Crippen LogP contribution in [0.15, 0.2) is 29.8 Å². The minimum absolute atomic E-state index is 0.0560. The molecular weight excluding hydrogens is 334 g/mol. The molecule has 9 nitrogen and oxygen atoms in total. The van der Waals surface area contributed by atoms with Gasteiger partial charge in [-0.15, -0.1) is 0 Å². The van der Waals surface area contributed by atoms with Crippen molar-refractivity contribution in [2.75, 3.05) is 34.5 Å². The number of carbonyl (C=O) groups excluding carboxylic acids is 2. The van der Waals surface area contributed by atoms with E-state index >= 15 is 0 Å².